The lowest BCUT2D eigenvalue weighted by molar-refractivity contribution is -0.142. The molecule has 2 rings (SSSR count). The van der Waals surface area contributed by atoms with Gasteiger partial charge in [-0.25, -0.2) is 0 Å². The van der Waals surface area contributed by atoms with Crippen LogP contribution in [0.2, 0.25) is 5.02 Å². The van der Waals surface area contributed by atoms with Gasteiger partial charge < -0.3 is 15.0 Å². The number of rotatable bonds is 9. The van der Waals surface area contributed by atoms with Gasteiger partial charge in [0, 0.05) is 17.6 Å². The summed E-state index contributed by atoms with van der Waals surface area (Å²) in [6.45, 7) is 9.64. The topological polar surface area (TPSA) is 58.6 Å². The highest BCUT2D eigenvalue weighted by molar-refractivity contribution is 6.31. The van der Waals surface area contributed by atoms with Crippen molar-refractivity contribution in [3.8, 4) is 5.75 Å². The second-order valence-electron chi connectivity index (χ2n) is 7.66. The molecule has 6 heteroatoms. The molecule has 2 atom stereocenters. The van der Waals surface area contributed by atoms with E-state index in [0.717, 1.165) is 23.1 Å². The Morgan fingerprint density at radius 1 is 1.13 bits per heavy atom. The van der Waals surface area contributed by atoms with Crippen LogP contribution in [0, 0.1) is 13.8 Å². The molecule has 2 aromatic rings. The quantitative estimate of drug-likeness (QED) is 0.629. The van der Waals surface area contributed by atoms with Crippen molar-refractivity contribution in [2.24, 2.45) is 0 Å². The lowest BCUT2D eigenvalue weighted by Crippen LogP contribution is -2.50. The SMILES string of the molecule is CC[C@H](C)NC(=O)[C@H](C)N(Cc1ccccc1Cl)C(=O)COc1cc(C)ccc1C. The third-order valence-electron chi connectivity index (χ3n) is 5.16. The van der Waals surface area contributed by atoms with E-state index in [1.807, 2.05) is 64.1 Å². The summed E-state index contributed by atoms with van der Waals surface area (Å²) in [7, 11) is 0. The summed E-state index contributed by atoms with van der Waals surface area (Å²) in [6.07, 6.45) is 0.812. The molecule has 0 aliphatic heterocycles. The molecule has 0 saturated heterocycles. The molecule has 0 saturated carbocycles. The zero-order chi connectivity index (χ0) is 22.3. The van der Waals surface area contributed by atoms with E-state index in [2.05, 4.69) is 5.32 Å². The molecule has 0 bridgehead atoms. The van der Waals surface area contributed by atoms with E-state index in [1.165, 1.54) is 4.90 Å². The number of aryl methyl sites for hydroxylation is 2. The number of benzene rings is 2. The van der Waals surface area contributed by atoms with E-state index in [1.54, 1.807) is 13.0 Å². The standard InChI is InChI=1S/C24H31ClN2O3/c1-6-18(4)26-24(29)19(5)27(14-20-9-7-8-10-21(20)25)23(28)15-30-22-13-16(2)11-12-17(22)3/h7-13,18-19H,6,14-15H2,1-5H3,(H,26,29)/t18-,19-/m0/s1. The van der Waals surface area contributed by atoms with Crippen molar-refractivity contribution >= 4 is 23.4 Å². The van der Waals surface area contributed by atoms with Gasteiger partial charge in [-0.2, -0.15) is 0 Å². The second kappa shape index (κ2) is 11.0. The highest BCUT2D eigenvalue weighted by atomic mass is 35.5. The van der Waals surface area contributed by atoms with Crippen LogP contribution >= 0.6 is 11.6 Å². The largest absolute Gasteiger partial charge is 0.483 e. The number of carbonyl (C=O) groups is 2. The number of nitrogens with zero attached hydrogens (tertiary/aromatic N) is 1. The van der Waals surface area contributed by atoms with Crippen LogP contribution in [0.25, 0.3) is 0 Å². The molecule has 2 aromatic carbocycles. The lowest BCUT2D eigenvalue weighted by atomic mass is 10.1. The van der Waals surface area contributed by atoms with Crippen LogP contribution in [0.5, 0.6) is 5.75 Å². The molecule has 2 amide bonds. The number of hydrogen-bond donors (Lipinski definition) is 1. The Kier molecular flexibility index (Phi) is 8.72. The van der Waals surface area contributed by atoms with Gasteiger partial charge in [0.15, 0.2) is 6.61 Å². The summed E-state index contributed by atoms with van der Waals surface area (Å²) in [4.78, 5) is 27.4. The maximum atomic E-state index is 13.1. The van der Waals surface area contributed by atoms with Crippen LogP contribution < -0.4 is 10.1 Å². The van der Waals surface area contributed by atoms with Crippen LogP contribution in [-0.2, 0) is 16.1 Å². The maximum absolute atomic E-state index is 13.1. The van der Waals surface area contributed by atoms with Crippen LogP contribution in [0.15, 0.2) is 42.5 Å². The molecular formula is C24H31ClN2O3. The van der Waals surface area contributed by atoms with Gasteiger partial charge in [0.25, 0.3) is 5.91 Å². The molecule has 0 aliphatic rings. The molecule has 0 spiro atoms. The highest BCUT2D eigenvalue weighted by Gasteiger charge is 2.27. The Morgan fingerprint density at radius 2 is 1.83 bits per heavy atom. The minimum atomic E-state index is -0.662. The smallest absolute Gasteiger partial charge is 0.261 e. The van der Waals surface area contributed by atoms with Gasteiger partial charge in [0.1, 0.15) is 11.8 Å². The molecule has 0 aliphatic carbocycles. The molecule has 162 valence electrons. The monoisotopic (exact) mass is 430 g/mol. The number of halogens is 1. The average Bonchev–Trinajstić information content (AvgIpc) is 2.72. The van der Waals surface area contributed by atoms with E-state index >= 15 is 0 Å². The molecule has 30 heavy (non-hydrogen) atoms. The van der Waals surface area contributed by atoms with Crippen molar-refractivity contribution in [2.75, 3.05) is 6.61 Å². The third kappa shape index (κ3) is 6.49. The summed E-state index contributed by atoms with van der Waals surface area (Å²) >= 11 is 6.31. The van der Waals surface area contributed by atoms with Crippen molar-refractivity contribution in [3.63, 3.8) is 0 Å². The lowest BCUT2D eigenvalue weighted by Gasteiger charge is -2.30. The molecular weight excluding hydrogens is 400 g/mol. The normalized spacial score (nSPS) is 12.7. The van der Waals surface area contributed by atoms with Gasteiger partial charge in [-0.3, -0.25) is 9.59 Å². The number of hydrogen-bond acceptors (Lipinski definition) is 3. The van der Waals surface area contributed by atoms with E-state index in [4.69, 9.17) is 16.3 Å². The van der Waals surface area contributed by atoms with Gasteiger partial charge in [-0.1, -0.05) is 48.9 Å². The first-order valence-corrected chi connectivity index (χ1v) is 10.6. The van der Waals surface area contributed by atoms with Crippen LogP contribution in [0.1, 0.15) is 43.9 Å². The minimum Gasteiger partial charge on any atom is -0.483 e. The molecule has 0 aromatic heterocycles. The molecule has 0 fully saturated rings. The van der Waals surface area contributed by atoms with Crippen LogP contribution in [-0.4, -0.2) is 35.4 Å². The molecule has 1 N–H and O–H groups in total. The Labute approximate surface area is 184 Å². The summed E-state index contributed by atoms with van der Waals surface area (Å²) < 4.78 is 5.80. The van der Waals surface area contributed by atoms with Crippen molar-refractivity contribution in [1.29, 1.82) is 0 Å². The van der Waals surface area contributed by atoms with Crippen LogP contribution in [0.4, 0.5) is 0 Å². The summed E-state index contributed by atoms with van der Waals surface area (Å²) in [6, 6.07) is 12.5. The predicted molar refractivity (Wildman–Crippen MR) is 121 cm³/mol. The Hall–Kier alpha value is -2.53. The van der Waals surface area contributed by atoms with E-state index in [-0.39, 0.29) is 31.0 Å². The van der Waals surface area contributed by atoms with Gasteiger partial charge in [0.2, 0.25) is 5.91 Å². The first-order valence-electron chi connectivity index (χ1n) is 10.3. The average molecular weight is 431 g/mol. The zero-order valence-electron chi connectivity index (χ0n) is 18.4. The first kappa shape index (κ1) is 23.7. The molecule has 0 radical (unpaired) electrons. The number of nitrogens with one attached hydrogen (secondary N) is 1. The molecule has 0 unspecified atom stereocenters. The number of ether oxygens (including phenoxy) is 1. The fraction of sp³-hybridized carbons (Fsp3) is 0.417. The van der Waals surface area contributed by atoms with Gasteiger partial charge in [-0.05, 0) is 62.9 Å². The summed E-state index contributed by atoms with van der Waals surface area (Å²) in [5.41, 5.74) is 2.79. The fourth-order valence-electron chi connectivity index (χ4n) is 2.94. The number of amides is 2. The minimum absolute atomic E-state index is 0.0309. The van der Waals surface area contributed by atoms with Gasteiger partial charge >= 0.3 is 0 Å². The van der Waals surface area contributed by atoms with Crippen molar-refractivity contribution in [1.82, 2.24) is 10.2 Å². The zero-order valence-corrected chi connectivity index (χ0v) is 19.1. The second-order valence-corrected chi connectivity index (χ2v) is 8.07. The van der Waals surface area contributed by atoms with Gasteiger partial charge in [0.05, 0.1) is 0 Å². The van der Waals surface area contributed by atoms with Crippen LogP contribution in [0.3, 0.4) is 0 Å². The highest BCUT2D eigenvalue weighted by Crippen LogP contribution is 2.21. The third-order valence-corrected chi connectivity index (χ3v) is 5.53. The van der Waals surface area contributed by atoms with Crippen molar-refractivity contribution in [3.05, 3.63) is 64.2 Å². The molecule has 5 nitrogen and oxygen atoms in total. The molecule has 0 heterocycles. The fourth-order valence-corrected chi connectivity index (χ4v) is 3.14. The van der Waals surface area contributed by atoms with E-state index in [0.29, 0.717) is 10.8 Å². The summed E-state index contributed by atoms with van der Waals surface area (Å²) in [5.74, 6) is 0.192. The Morgan fingerprint density at radius 3 is 2.50 bits per heavy atom. The Balaban J connectivity index is 2.20. The van der Waals surface area contributed by atoms with Gasteiger partial charge in [-0.15, -0.1) is 0 Å². The van der Waals surface area contributed by atoms with E-state index < -0.39 is 6.04 Å². The van der Waals surface area contributed by atoms with E-state index in [9.17, 15) is 9.59 Å². The maximum Gasteiger partial charge on any atom is 0.261 e. The number of carbonyl (C=O) groups excluding carboxylic acids is 2. The summed E-state index contributed by atoms with van der Waals surface area (Å²) in [5, 5.41) is 3.50. The van der Waals surface area contributed by atoms with Crippen molar-refractivity contribution in [2.45, 2.75) is 59.7 Å². The van der Waals surface area contributed by atoms with Crippen molar-refractivity contribution < 1.29 is 14.3 Å². The first-order chi connectivity index (χ1) is 14.2. The predicted octanol–water partition coefficient (Wildman–Crippen LogP) is 4.67. The Bertz CT molecular complexity index is 885.